The molecule has 1 nitrogen and oxygen atoms in total. The molecule has 0 spiro atoms. The summed E-state index contributed by atoms with van der Waals surface area (Å²) in [6.45, 7) is 3.03. The standard InChI is InChI=1S/C13H19NS/c1-10-4-2-6-12-11(7-8-14)5-3-9-15-13(10)12/h2,4,6,11H,3,5,7-9,14H2,1H3. The SMILES string of the molecule is Cc1cccc2c1SCCCC2CCN. The first-order valence-corrected chi connectivity index (χ1v) is 6.74. The van der Waals surface area contributed by atoms with Crippen molar-refractivity contribution in [3.8, 4) is 0 Å². The molecule has 1 heterocycles. The summed E-state index contributed by atoms with van der Waals surface area (Å²) in [7, 11) is 0. The van der Waals surface area contributed by atoms with E-state index >= 15 is 0 Å². The van der Waals surface area contributed by atoms with Gasteiger partial charge in [-0.2, -0.15) is 0 Å². The van der Waals surface area contributed by atoms with Crippen LogP contribution in [0, 0.1) is 6.92 Å². The van der Waals surface area contributed by atoms with E-state index < -0.39 is 0 Å². The van der Waals surface area contributed by atoms with Crippen LogP contribution in [-0.2, 0) is 0 Å². The normalized spacial score (nSPS) is 20.8. The number of hydrogen-bond acceptors (Lipinski definition) is 2. The number of aryl methyl sites for hydroxylation is 1. The molecule has 1 aliphatic rings. The van der Waals surface area contributed by atoms with E-state index in [4.69, 9.17) is 5.73 Å². The van der Waals surface area contributed by atoms with Gasteiger partial charge in [0.1, 0.15) is 0 Å². The Bertz CT molecular complexity index is 335. The van der Waals surface area contributed by atoms with Crippen LogP contribution in [0.5, 0.6) is 0 Å². The largest absolute Gasteiger partial charge is 0.330 e. The average Bonchev–Trinajstić information content (AvgIpc) is 2.43. The van der Waals surface area contributed by atoms with Crippen molar-refractivity contribution in [1.29, 1.82) is 0 Å². The van der Waals surface area contributed by atoms with Crippen LogP contribution in [0.3, 0.4) is 0 Å². The molecular weight excluding hydrogens is 202 g/mol. The Labute approximate surface area is 96.4 Å². The second-order valence-corrected chi connectivity index (χ2v) is 5.36. The number of thioether (sulfide) groups is 1. The summed E-state index contributed by atoms with van der Waals surface area (Å²) >= 11 is 2.02. The van der Waals surface area contributed by atoms with Crippen LogP contribution >= 0.6 is 11.8 Å². The molecule has 82 valence electrons. The zero-order chi connectivity index (χ0) is 10.7. The van der Waals surface area contributed by atoms with E-state index in [0.29, 0.717) is 5.92 Å². The van der Waals surface area contributed by atoms with Crippen LogP contribution in [0.2, 0.25) is 0 Å². The van der Waals surface area contributed by atoms with E-state index in [1.807, 2.05) is 11.8 Å². The molecule has 0 fully saturated rings. The van der Waals surface area contributed by atoms with Crippen molar-refractivity contribution >= 4 is 11.8 Å². The van der Waals surface area contributed by atoms with Gasteiger partial charge in [0, 0.05) is 4.90 Å². The Morgan fingerprint density at radius 3 is 3.13 bits per heavy atom. The van der Waals surface area contributed by atoms with E-state index in [0.717, 1.165) is 13.0 Å². The smallest absolute Gasteiger partial charge is 0.0136 e. The van der Waals surface area contributed by atoms with E-state index in [1.165, 1.54) is 29.1 Å². The van der Waals surface area contributed by atoms with Crippen molar-refractivity contribution < 1.29 is 0 Å². The Balaban J connectivity index is 2.36. The Kier molecular flexibility index (Phi) is 3.71. The maximum absolute atomic E-state index is 5.70. The minimum atomic E-state index is 0.694. The fourth-order valence-electron chi connectivity index (χ4n) is 2.35. The number of hydrogen-bond donors (Lipinski definition) is 1. The molecule has 0 aromatic heterocycles. The van der Waals surface area contributed by atoms with Crippen LogP contribution < -0.4 is 5.73 Å². The lowest BCUT2D eigenvalue weighted by atomic mass is 9.90. The molecule has 2 N–H and O–H groups in total. The van der Waals surface area contributed by atoms with E-state index in [1.54, 1.807) is 5.56 Å². The zero-order valence-corrected chi connectivity index (χ0v) is 10.1. The molecule has 0 aliphatic carbocycles. The molecule has 1 aliphatic heterocycles. The minimum absolute atomic E-state index is 0.694. The average molecular weight is 221 g/mol. The summed E-state index contributed by atoms with van der Waals surface area (Å²) < 4.78 is 0. The highest BCUT2D eigenvalue weighted by Gasteiger charge is 2.19. The van der Waals surface area contributed by atoms with Crippen LogP contribution in [-0.4, -0.2) is 12.3 Å². The predicted octanol–water partition coefficient (Wildman–Crippen LogP) is 3.31. The Hall–Kier alpha value is -0.470. The van der Waals surface area contributed by atoms with Gasteiger partial charge < -0.3 is 5.73 Å². The second kappa shape index (κ2) is 5.04. The molecule has 0 amide bonds. The van der Waals surface area contributed by atoms with Crippen molar-refractivity contribution in [2.45, 2.75) is 37.0 Å². The number of nitrogens with two attached hydrogens (primary N) is 1. The molecule has 0 bridgehead atoms. The monoisotopic (exact) mass is 221 g/mol. The minimum Gasteiger partial charge on any atom is -0.330 e. The summed E-state index contributed by atoms with van der Waals surface area (Å²) in [5, 5.41) is 0. The summed E-state index contributed by atoms with van der Waals surface area (Å²) in [5.41, 5.74) is 8.68. The van der Waals surface area contributed by atoms with Crippen molar-refractivity contribution in [1.82, 2.24) is 0 Å². The molecule has 2 heteroatoms. The van der Waals surface area contributed by atoms with E-state index in [-0.39, 0.29) is 0 Å². The van der Waals surface area contributed by atoms with Gasteiger partial charge in [-0.15, -0.1) is 11.8 Å². The molecule has 0 saturated carbocycles. The Morgan fingerprint density at radius 1 is 1.47 bits per heavy atom. The lowest BCUT2D eigenvalue weighted by molar-refractivity contribution is 0.575. The van der Waals surface area contributed by atoms with Crippen molar-refractivity contribution in [2.75, 3.05) is 12.3 Å². The highest BCUT2D eigenvalue weighted by molar-refractivity contribution is 7.99. The van der Waals surface area contributed by atoms with Gasteiger partial charge in [0.15, 0.2) is 0 Å². The van der Waals surface area contributed by atoms with Crippen LogP contribution in [0.1, 0.15) is 36.3 Å². The van der Waals surface area contributed by atoms with Gasteiger partial charge in [0.25, 0.3) is 0 Å². The summed E-state index contributed by atoms with van der Waals surface area (Å²) in [5.74, 6) is 1.96. The van der Waals surface area contributed by atoms with Crippen LogP contribution in [0.15, 0.2) is 23.1 Å². The fraction of sp³-hybridized carbons (Fsp3) is 0.538. The first kappa shape index (κ1) is 11.0. The number of rotatable bonds is 2. The van der Waals surface area contributed by atoms with Crippen molar-refractivity contribution in [3.63, 3.8) is 0 Å². The van der Waals surface area contributed by atoms with Crippen molar-refractivity contribution in [2.24, 2.45) is 5.73 Å². The first-order valence-electron chi connectivity index (χ1n) is 5.75. The zero-order valence-electron chi connectivity index (χ0n) is 9.33. The fourth-order valence-corrected chi connectivity index (χ4v) is 3.57. The quantitative estimate of drug-likeness (QED) is 0.829. The third-order valence-electron chi connectivity index (χ3n) is 3.14. The molecule has 2 rings (SSSR count). The lowest BCUT2D eigenvalue weighted by Gasteiger charge is -2.17. The molecular formula is C13H19NS. The summed E-state index contributed by atoms with van der Waals surface area (Å²) in [6.07, 6.45) is 3.76. The van der Waals surface area contributed by atoms with Gasteiger partial charge in [0.05, 0.1) is 0 Å². The number of fused-ring (bicyclic) bond motifs is 1. The van der Waals surface area contributed by atoms with Crippen LogP contribution in [0.25, 0.3) is 0 Å². The van der Waals surface area contributed by atoms with E-state index in [9.17, 15) is 0 Å². The maximum Gasteiger partial charge on any atom is 0.0136 e. The molecule has 1 aromatic rings. The first-order chi connectivity index (χ1) is 7.33. The van der Waals surface area contributed by atoms with Gasteiger partial charge in [-0.05, 0) is 55.5 Å². The van der Waals surface area contributed by atoms with Gasteiger partial charge in [-0.25, -0.2) is 0 Å². The van der Waals surface area contributed by atoms with Gasteiger partial charge >= 0.3 is 0 Å². The Morgan fingerprint density at radius 2 is 2.33 bits per heavy atom. The summed E-state index contributed by atoms with van der Waals surface area (Å²) in [6, 6.07) is 6.70. The third-order valence-corrected chi connectivity index (χ3v) is 4.48. The predicted molar refractivity (Wildman–Crippen MR) is 67.5 cm³/mol. The van der Waals surface area contributed by atoms with Gasteiger partial charge in [0.2, 0.25) is 0 Å². The molecule has 15 heavy (non-hydrogen) atoms. The molecule has 1 atom stereocenters. The molecule has 0 saturated heterocycles. The maximum atomic E-state index is 5.70. The third kappa shape index (κ3) is 2.37. The van der Waals surface area contributed by atoms with Gasteiger partial charge in [-0.3, -0.25) is 0 Å². The molecule has 1 unspecified atom stereocenters. The highest BCUT2D eigenvalue weighted by Crippen LogP contribution is 2.39. The molecule has 0 radical (unpaired) electrons. The van der Waals surface area contributed by atoms with Gasteiger partial charge in [-0.1, -0.05) is 18.2 Å². The van der Waals surface area contributed by atoms with Crippen molar-refractivity contribution in [3.05, 3.63) is 29.3 Å². The lowest BCUT2D eigenvalue weighted by Crippen LogP contribution is -2.07. The number of benzene rings is 1. The highest BCUT2D eigenvalue weighted by atomic mass is 32.2. The molecule has 1 aromatic carbocycles. The van der Waals surface area contributed by atoms with Crippen LogP contribution in [0.4, 0.5) is 0 Å². The van der Waals surface area contributed by atoms with E-state index in [2.05, 4.69) is 25.1 Å². The topological polar surface area (TPSA) is 26.0 Å². The summed E-state index contributed by atoms with van der Waals surface area (Å²) in [4.78, 5) is 1.52. The second-order valence-electron chi connectivity index (χ2n) is 4.26.